The van der Waals surface area contributed by atoms with Gasteiger partial charge in [0.05, 0.1) is 23.0 Å². The summed E-state index contributed by atoms with van der Waals surface area (Å²) in [7, 11) is 1.31. The average molecular weight is 276 g/mol. The summed E-state index contributed by atoms with van der Waals surface area (Å²) in [5.41, 5.74) is 7.01. The normalized spacial score (nSPS) is 10.8. The van der Waals surface area contributed by atoms with Crippen molar-refractivity contribution in [2.75, 3.05) is 7.11 Å². The van der Waals surface area contributed by atoms with Gasteiger partial charge in [0.2, 0.25) is 5.88 Å². The van der Waals surface area contributed by atoms with Crippen LogP contribution in [-0.2, 0) is 0 Å². The Kier molecular flexibility index (Phi) is 2.76. The number of phenolic OH excluding ortho intramolecular Hbond substituents is 1. The van der Waals surface area contributed by atoms with Gasteiger partial charge in [-0.05, 0) is 0 Å². The minimum atomic E-state index is -0.378. The molecule has 90 valence electrons. The van der Waals surface area contributed by atoms with Crippen molar-refractivity contribution in [2.24, 2.45) is 5.11 Å². The van der Waals surface area contributed by atoms with Crippen LogP contribution in [-0.4, -0.2) is 22.3 Å². The maximum atomic E-state index is 9.94. The van der Waals surface area contributed by atoms with Crippen LogP contribution in [0.25, 0.3) is 10.9 Å². The number of hydrogen-bond acceptors (Lipinski definition) is 5. The summed E-state index contributed by atoms with van der Waals surface area (Å²) in [4.78, 5) is 2.49. The van der Waals surface area contributed by atoms with E-state index in [0.717, 1.165) is 0 Å². The summed E-state index contributed by atoms with van der Waals surface area (Å²) in [6, 6.07) is 0. The Balaban J connectivity index is 3.04. The SMILES string of the molecule is COc1c(Cl)c(Cl)c2[nH]c(O)c(N=N)c2c1O. The third-order valence-electron chi connectivity index (χ3n) is 2.33. The highest BCUT2D eigenvalue weighted by Gasteiger charge is 2.24. The molecule has 0 aliphatic rings. The Labute approximate surface area is 105 Å². The van der Waals surface area contributed by atoms with Gasteiger partial charge in [-0.15, -0.1) is 0 Å². The van der Waals surface area contributed by atoms with Gasteiger partial charge in [-0.25, -0.2) is 5.53 Å². The number of H-pyrrole nitrogens is 1. The molecule has 0 spiro atoms. The molecule has 0 fully saturated rings. The largest absolute Gasteiger partial charge is 0.504 e. The fourth-order valence-electron chi connectivity index (χ4n) is 1.59. The van der Waals surface area contributed by atoms with E-state index in [4.69, 9.17) is 33.5 Å². The molecule has 1 heterocycles. The molecular weight excluding hydrogens is 269 g/mol. The van der Waals surface area contributed by atoms with Gasteiger partial charge in [0.15, 0.2) is 17.2 Å². The number of fused-ring (bicyclic) bond motifs is 1. The predicted octanol–water partition coefficient (Wildman–Crippen LogP) is 3.56. The van der Waals surface area contributed by atoms with Crippen LogP contribution in [0.3, 0.4) is 0 Å². The molecular formula is C9H7Cl2N3O3. The molecule has 0 radical (unpaired) electrons. The number of aromatic hydroxyl groups is 2. The van der Waals surface area contributed by atoms with Crippen molar-refractivity contribution in [3.8, 4) is 17.4 Å². The molecule has 0 aliphatic heterocycles. The Bertz CT molecular complexity index is 624. The molecule has 8 heteroatoms. The molecule has 2 rings (SSSR count). The summed E-state index contributed by atoms with van der Waals surface area (Å²) in [5, 5.41) is 22.7. The third-order valence-corrected chi connectivity index (χ3v) is 3.17. The first-order valence-electron chi connectivity index (χ1n) is 4.38. The zero-order valence-corrected chi connectivity index (χ0v) is 10.0. The number of rotatable bonds is 2. The number of phenols is 1. The van der Waals surface area contributed by atoms with Crippen LogP contribution in [0.15, 0.2) is 5.11 Å². The molecule has 6 nitrogen and oxygen atoms in total. The summed E-state index contributed by atoms with van der Waals surface area (Å²) in [6.07, 6.45) is 0. The van der Waals surface area contributed by atoms with Crippen LogP contribution in [0.4, 0.5) is 5.69 Å². The molecule has 2 aromatic rings. The molecule has 0 aliphatic carbocycles. The number of aromatic amines is 1. The maximum Gasteiger partial charge on any atom is 0.218 e. The number of benzene rings is 1. The summed E-state index contributed by atoms with van der Waals surface area (Å²) < 4.78 is 4.91. The van der Waals surface area contributed by atoms with Crippen molar-refractivity contribution < 1.29 is 14.9 Å². The standard InChI is InChI=1S/C9H7Cl2N3O3/c1-17-8-4(11)3(10)5-2(7(8)15)6(14-12)9(16)13-5/h12-13,15-16H,1H3. The van der Waals surface area contributed by atoms with Gasteiger partial charge in [0.25, 0.3) is 0 Å². The quantitative estimate of drug-likeness (QED) is 0.630. The van der Waals surface area contributed by atoms with Crippen LogP contribution in [0.2, 0.25) is 10.0 Å². The molecule has 0 amide bonds. The number of nitrogens with one attached hydrogen (secondary N) is 2. The number of hydrogen-bond donors (Lipinski definition) is 4. The molecule has 4 N–H and O–H groups in total. The zero-order valence-electron chi connectivity index (χ0n) is 8.51. The topological polar surface area (TPSA) is 102 Å². The van der Waals surface area contributed by atoms with E-state index in [-0.39, 0.29) is 44.0 Å². The first-order chi connectivity index (χ1) is 8.02. The van der Waals surface area contributed by atoms with Crippen molar-refractivity contribution in [3.63, 3.8) is 0 Å². The van der Waals surface area contributed by atoms with E-state index in [9.17, 15) is 10.2 Å². The number of nitrogens with zero attached hydrogens (tertiary/aromatic N) is 1. The van der Waals surface area contributed by atoms with Crippen molar-refractivity contribution in [2.45, 2.75) is 0 Å². The van der Waals surface area contributed by atoms with Gasteiger partial charge in [-0.3, -0.25) is 0 Å². The van der Waals surface area contributed by atoms with Gasteiger partial charge in [0.1, 0.15) is 5.02 Å². The van der Waals surface area contributed by atoms with E-state index < -0.39 is 0 Å². The van der Waals surface area contributed by atoms with Crippen molar-refractivity contribution in [1.82, 2.24) is 4.98 Å². The summed E-state index contributed by atoms with van der Waals surface area (Å²) in [6.45, 7) is 0. The lowest BCUT2D eigenvalue weighted by Crippen LogP contribution is -1.87. The minimum Gasteiger partial charge on any atom is -0.504 e. The first kappa shape index (κ1) is 11.8. The molecule has 1 aromatic heterocycles. The molecule has 0 bridgehead atoms. The van der Waals surface area contributed by atoms with Crippen LogP contribution >= 0.6 is 23.2 Å². The van der Waals surface area contributed by atoms with E-state index in [1.54, 1.807) is 0 Å². The lowest BCUT2D eigenvalue weighted by molar-refractivity contribution is 0.377. The fourth-order valence-corrected chi connectivity index (χ4v) is 2.08. The van der Waals surface area contributed by atoms with Gasteiger partial charge in [-0.2, -0.15) is 5.11 Å². The molecule has 0 unspecified atom stereocenters. The Morgan fingerprint density at radius 2 is 1.94 bits per heavy atom. The maximum absolute atomic E-state index is 9.94. The Hall–Kier alpha value is -1.66. The third kappa shape index (κ3) is 1.49. The number of aromatic nitrogens is 1. The second kappa shape index (κ2) is 3.97. The Morgan fingerprint density at radius 1 is 1.29 bits per heavy atom. The van der Waals surface area contributed by atoms with Crippen molar-refractivity contribution in [1.29, 1.82) is 5.53 Å². The highest BCUT2D eigenvalue weighted by Crippen LogP contribution is 2.51. The second-order valence-corrected chi connectivity index (χ2v) is 3.95. The van der Waals surface area contributed by atoms with E-state index in [1.807, 2.05) is 0 Å². The summed E-state index contributed by atoms with van der Waals surface area (Å²) in [5.74, 6) is -0.746. The van der Waals surface area contributed by atoms with E-state index in [1.165, 1.54) is 7.11 Å². The summed E-state index contributed by atoms with van der Waals surface area (Å²) >= 11 is 11.8. The highest BCUT2D eigenvalue weighted by molar-refractivity contribution is 6.46. The van der Waals surface area contributed by atoms with Crippen LogP contribution in [0.1, 0.15) is 0 Å². The average Bonchev–Trinajstić information content (AvgIpc) is 2.64. The lowest BCUT2D eigenvalue weighted by Gasteiger charge is -2.08. The number of ether oxygens (including phenoxy) is 1. The Morgan fingerprint density at radius 3 is 2.47 bits per heavy atom. The molecule has 0 saturated heterocycles. The van der Waals surface area contributed by atoms with Gasteiger partial charge >= 0.3 is 0 Å². The molecule has 0 saturated carbocycles. The predicted molar refractivity (Wildman–Crippen MR) is 63.0 cm³/mol. The van der Waals surface area contributed by atoms with Crippen LogP contribution in [0.5, 0.6) is 17.4 Å². The van der Waals surface area contributed by atoms with Crippen molar-refractivity contribution >= 4 is 39.8 Å². The second-order valence-electron chi connectivity index (χ2n) is 3.19. The lowest BCUT2D eigenvalue weighted by atomic mass is 10.2. The van der Waals surface area contributed by atoms with Crippen LogP contribution in [0, 0.1) is 5.53 Å². The van der Waals surface area contributed by atoms with E-state index >= 15 is 0 Å². The van der Waals surface area contributed by atoms with Crippen molar-refractivity contribution in [3.05, 3.63) is 10.0 Å². The number of halogens is 2. The molecule has 17 heavy (non-hydrogen) atoms. The smallest absolute Gasteiger partial charge is 0.218 e. The number of methoxy groups -OCH3 is 1. The minimum absolute atomic E-state index is 0.0111. The monoisotopic (exact) mass is 275 g/mol. The zero-order chi connectivity index (χ0) is 12.7. The molecule has 1 aromatic carbocycles. The van der Waals surface area contributed by atoms with Crippen LogP contribution < -0.4 is 4.74 Å². The fraction of sp³-hybridized carbons (Fsp3) is 0.111. The van der Waals surface area contributed by atoms with E-state index in [2.05, 4.69) is 10.1 Å². The van der Waals surface area contributed by atoms with Gasteiger partial charge < -0.3 is 19.9 Å². The molecule has 0 atom stereocenters. The highest BCUT2D eigenvalue weighted by atomic mass is 35.5. The van der Waals surface area contributed by atoms with Gasteiger partial charge in [0, 0.05) is 0 Å². The van der Waals surface area contributed by atoms with E-state index in [0.29, 0.717) is 0 Å². The van der Waals surface area contributed by atoms with Gasteiger partial charge in [-0.1, -0.05) is 23.2 Å². The first-order valence-corrected chi connectivity index (χ1v) is 5.14.